The lowest BCUT2D eigenvalue weighted by Gasteiger charge is -2.21. The van der Waals surface area contributed by atoms with Gasteiger partial charge < -0.3 is 0 Å². The van der Waals surface area contributed by atoms with Crippen LogP contribution >= 0.6 is 15.9 Å². The zero-order chi connectivity index (χ0) is 9.61. The predicted molar refractivity (Wildman–Crippen MR) is 60.8 cm³/mol. The van der Waals surface area contributed by atoms with Crippen molar-refractivity contribution in [3.05, 3.63) is 24.3 Å². The first-order valence-electron chi connectivity index (χ1n) is 4.37. The third kappa shape index (κ3) is 4.76. The van der Waals surface area contributed by atoms with Crippen molar-refractivity contribution in [1.82, 2.24) is 0 Å². The minimum absolute atomic E-state index is 0.256. The van der Waals surface area contributed by atoms with Crippen molar-refractivity contribution in [2.24, 2.45) is 5.41 Å². The molecule has 0 aromatic rings. The van der Waals surface area contributed by atoms with Crippen LogP contribution in [0.25, 0.3) is 0 Å². The van der Waals surface area contributed by atoms with Crippen LogP contribution in [0.5, 0.6) is 0 Å². The van der Waals surface area contributed by atoms with Gasteiger partial charge in [-0.2, -0.15) is 0 Å². The maximum atomic E-state index is 3.85. The first kappa shape index (κ1) is 12.0. The molecule has 0 bridgehead atoms. The topological polar surface area (TPSA) is 0 Å². The molecule has 70 valence electrons. The van der Waals surface area contributed by atoms with Crippen molar-refractivity contribution in [2.75, 3.05) is 5.33 Å². The van der Waals surface area contributed by atoms with Gasteiger partial charge in [0.2, 0.25) is 0 Å². The fourth-order valence-electron chi connectivity index (χ4n) is 0.914. The molecule has 0 aromatic heterocycles. The van der Waals surface area contributed by atoms with Gasteiger partial charge in [0.25, 0.3) is 0 Å². The van der Waals surface area contributed by atoms with Gasteiger partial charge in [0.15, 0.2) is 0 Å². The Morgan fingerprint density at radius 1 is 1.50 bits per heavy atom. The molecule has 0 saturated heterocycles. The Bertz CT molecular complexity index is 166. The highest BCUT2D eigenvalue weighted by Crippen LogP contribution is 2.27. The molecule has 0 aliphatic rings. The van der Waals surface area contributed by atoms with E-state index in [9.17, 15) is 0 Å². The van der Waals surface area contributed by atoms with E-state index < -0.39 is 0 Å². The first-order chi connectivity index (χ1) is 5.54. The number of rotatable bonds is 5. The Labute approximate surface area is 84.9 Å². The van der Waals surface area contributed by atoms with E-state index in [1.54, 1.807) is 0 Å². The summed E-state index contributed by atoms with van der Waals surface area (Å²) in [5.74, 6) is 0. The van der Waals surface area contributed by atoms with Crippen molar-refractivity contribution in [3.63, 3.8) is 0 Å². The highest BCUT2D eigenvalue weighted by atomic mass is 79.9. The molecule has 0 fully saturated rings. The molecule has 0 saturated carbocycles. The second-order valence-electron chi connectivity index (χ2n) is 3.81. The summed E-state index contributed by atoms with van der Waals surface area (Å²) in [6.07, 6.45) is 6.65. The van der Waals surface area contributed by atoms with Crippen molar-refractivity contribution in [2.45, 2.75) is 33.6 Å². The SMILES string of the molecule is C=CC(C)(CBr)CCC=C(C)C. The van der Waals surface area contributed by atoms with Gasteiger partial charge in [-0.3, -0.25) is 0 Å². The zero-order valence-electron chi connectivity index (χ0n) is 8.36. The predicted octanol–water partition coefficient (Wildman–Crippen LogP) is 4.32. The van der Waals surface area contributed by atoms with E-state index in [2.05, 4.69) is 49.4 Å². The van der Waals surface area contributed by atoms with Gasteiger partial charge in [0, 0.05) is 5.33 Å². The lowest BCUT2D eigenvalue weighted by Crippen LogP contribution is -2.13. The lowest BCUT2D eigenvalue weighted by atomic mass is 9.88. The number of alkyl halides is 1. The molecule has 1 heteroatoms. The minimum Gasteiger partial charge on any atom is -0.103 e. The summed E-state index contributed by atoms with van der Waals surface area (Å²) in [6.45, 7) is 10.4. The van der Waals surface area contributed by atoms with Gasteiger partial charge in [-0.25, -0.2) is 0 Å². The average molecular weight is 231 g/mol. The van der Waals surface area contributed by atoms with E-state index in [1.807, 2.05) is 6.08 Å². The maximum Gasteiger partial charge on any atom is 0.0120 e. The molecule has 0 aromatic carbocycles. The van der Waals surface area contributed by atoms with Crippen molar-refractivity contribution >= 4 is 15.9 Å². The number of hydrogen-bond donors (Lipinski definition) is 0. The summed E-state index contributed by atoms with van der Waals surface area (Å²) in [5, 5.41) is 1.00. The highest BCUT2D eigenvalue weighted by molar-refractivity contribution is 9.09. The Balaban J connectivity index is 3.89. The molecule has 0 heterocycles. The Kier molecular flexibility index (Phi) is 5.56. The number of allylic oxidation sites excluding steroid dienone is 3. The molecule has 0 aliphatic carbocycles. The van der Waals surface area contributed by atoms with Crippen molar-refractivity contribution < 1.29 is 0 Å². The van der Waals surface area contributed by atoms with Crippen molar-refractivity contribution in [3.8, 4) is 0 Å². The van der Waals surface area contributed by atoms with E-state index in [0.29, 0.717) is 0 Å². The average Bonchev–Trinajstić information content (AvgIpc) is 2.03. The molecule has 12 heavy (non-hydrogen) atoms. The maximum absolute atomic E-state index is 3.85. The summed E-state index contributed by atoms with van der Waals surface area (Å²) in [7, 11) is 0. The van der Waals surface area contributed by atoms with Gasteiger partial charge in [-0.05, 0) is 32.1 Å². The van der Waals surface area contributed by atoms with E-state index in [0.717, 1.165) is 11.8 Å². The van der Waals surface area contributed by atoms with Gasteiger partial charge in [0.1, 0.15) is 0 Å². The van der Waals surface area contributed by atoms with E-state index >= 15 is 0 Å². The summed E-state index contributed by atoms with van der Waals surface area (Å²) < 4.78 is 0. The molecule has 0 nitrogen and oxygen atoms in total. The van der Waals surface area contributed by atoms with E-state index in [-0.39, 0.29) is 5.41 Å². The Morgan fingerprint density at radius 2 is 2.08 bits per heavy atom. The molecule has 0 radical (unpaired) electrons. The summed E-state index contributed by atoms with van der Waals surface area (Å²) in [4.78, 5) is 0. The molecular weight excluding hydrogens is 212 g/mol. The van der Waals surface area contributed by atoms with Crippen LogP contribution in [0.2, 0.25) is 0 Å². The van der Waals surface area contributed by atoms with E-state index in [1.165, 1.54) is 12.0 Å². The fourth-order valence-corrected chi connectivity index (χ4v) is 1.42. The fraction of sp³-hybridized carbons (Fsp3) is 0.636. The summed E-state index contributed by atoms with van der Waals surface area (Å²) >= 11 is 3.51. The smallest absolute Gasteiger partial charge is 0.0120 e. The van der Waals surface area contributed by atoms with Crippen LogP contribution in [-0.2, 0) is 0 Å². The Hall–Kier alpha value is -0.0400. The molecule has 0 aliphatic heterocycles. The number of halogens is 1. The van der Waals surface area contributed by atoms with Crippen LogP contribution in [0.3, 0.4) is 0 Å². The molecule has 1 unspecified atom stereocenters. The van der Waals surface area contributed by atoms with Crippen LogP contribution in [0.4, 0.5) is 0 Å². The van der Waals surface area contributed by atoms with Gasteiger partial charge in [-0.15, -0.1) is 6.58 Å². The second-order valence-corrected chi connectivity index (χ2v) is 4.37. The largest absolute Gasteiger partial charge is 0.103 e. The first-order valence-corrected chi connectivity index (χ1v) is 5.49. The number of hydrogen-bond acceptors (Lipinski definition) is 0. The standard InChI is InChI=1S/C11H19Br/c1-5-11(4,9-12)8-6-7-10(2)3/h5,7H,1,6,8-9H2,2-4H3. The normalized spacial score (nSPS) is 15.0. The quantitative estimate of drug-likeness (QED) is 0.488. The van der Waals surface area contributed by atoms with Crippen LogP contribution in [0.15, 0.2) is 24.3 Å². The Morgan fingerprint density at radius 3 is 2.42 bits per heavy atom. The van der Waals surface area contributed by atoms with Gasteiger partial charge in [-0.1, -0.05) is 40.6 Å². The second kappa shape index (κ2) is 5.58. The van der Waals surface area contributed by atoms with Crippen LogP contribution in [-0.4, -0.2) is 5.33 Å². The molecule has 0 spiro atoms. The van der Waals surface area contributed by atoms with E-state index in [4.69, 9.17) is 0 Å². The third-order valence-electron chi connectivity index (χ3n) is 2.07. The summed E-state index contributed by atoms with van der Waals surface area (Å²) in [6, 6.07) is 0. The van der Waals surface area contributed by atoms with Crippen molar-refractivity contribution in [1.29, 1.82) is 0 Å². The van der Waals surface area contributed by atoms with Crippen LogP contribution in [0, 0.1) is 5.41 Å². The molecule has 0 rings (SSSR count). The molecular formula is C11H19Br. The van der Waals surface area contributed by atoms with Crippen LogP contribution in [0.1, 0.15) is 33.6 Å². The highest BCUT2D eigenvalue weighted by Gasteiger charge is 2.16. The van der Waals surface area contributed by atoms with Gasteiger partial charge in [0.05, 0.1) is 0 Å². The monoisotopic (exact) mass is 230 g/mol. The lowest BCUT2D eigenvalue weighted by molar-refractivity contribution is 0.456. The molecule has 0 amide bonds. The minimum atomic E-state index is 0.256. The third-order valence-corrected chi connectivity index (χ3v) is 3.35. The molecule has 0 N–H and O–H groups in total. The van der Waals surface area contributed by atoms with Gasteiger partial charge >= 0.3 is 0 Å². The van der Waals surface area contributed by atoms with Crippen LogP contribution < -0.4 is 0 Å². The molecule has 1 atom stereocenters. The zero-order valence-corrected chi connectivity index (χ0v) is 9.95. The summed E-state index contributed by atoms with van der Waals surface area (Å²) in [5.41, 5.74) is 1.65.